The topological polar surface area (TPSA) is 92.5 Å². The van der Waals surface area contributed by atoms with Crippen molar-refractivity contribution in [3.05, 3.63) is 59.5 Å². The molecule has 1 aliphatic rings. The first-order valence-electron chi connectivity index (χ1n) is 9.05. The van der Waals surface area contributed by atoms with Crippen molar-refractivity contribution in [3.63, 3.8) is 0 Å². The summed E-state index contributed by atoms with van der Waals surface area (Å²) in [7, 11) is 0. The van der Waals surface area contributed by atoms with Gasteiger partial charge in [-0.05, 0) is 31.2 Å². The van der Waals surface area contributed by atoms with E-state index in [2.05, 4.69) is 10.3 Å². The largest absolute Gasteiger partial charge is 0.440 e. The Bertz CT molecular complexity index is 1080. The van der Waals surface area contributed by atoms with E-state index in [0.717, 1.165) is 4.90 Å². The molecule has 0 radical (unpaired) electrons. The van der Waals surface area contributed by atoms with Crippen molar-refractivity contribution in [2.45, 2.75) is 32.7 Å². The number of hydrogen-bond acceptors (Lipinski definition) is 5. The van der Waals surface area contributed by atoms with Crippen molar-refractivity contribution in [2.24, 2.45) is 0 Å². The molecule has 7 heteroatoms. The lowest BCUT2D eigenvalue weighted by molar-refractivity contribution is -0.119. The summed E-state index contributed by atoms with van der Waals surface area (Å²) in [6.07, 6.45) is 0. The summed E-state index contributed by atoms with van der Waals surface area (Å²) in [5.41, 5.74) is 2.41. The van der Waals surface area contributed by atoms with Crippen molar-refractivity contribution in [2.75, 3.05) is 5.32 Å². The molecular formula is C21H19N3O4. The molecular weight excluding hydrogens is 358 g/mol. The van der Waals surface area contributed by atoms with Crippen LogP contribution in [0.15, 0.2) is 46.9 Å². The molecule has 2 aromatic carbocycles. The van der Waals surface area contributed by atoms with Gasteiger partial charge in [-0.1, -0.05) is 26.0 Å². The molecule has 0 saturated heterocycles. The van der Waals surface area contributed by atoms with Gasteiger partial charge in [0.15, 0.2) is 11.5 Å². The maximum Gasteiger partial charge on any atom is 0.262 e. The molecule has 1 atom stereocenters. The van der Waals surface area contributed by atoms with Crippen LogP contribution in [0.2, 0.25) is 0 Å². The number of nitrogens with one attached hydrogen (secondary N) is 1. The number of rotatable bonds is 4. The number of oxazole rings is 1. The van der Waals surface area contributed by atoms with Crippen LogP contribution in [0.4, 0.5) is 5.69 Å². The molecule has 0 fully saturated rings. The van der Waals surface area contributed by atoms with Gasteiger partial charge >= 0.3 is 0 Å². The third-order valence-corrected chi connectivity index (χ3v) is 4.76. The van der Waals surface area contributed by atoms with E-state index in [-0.39, 0.29) is 5.92 Å². The number of carbonyl (C=O) groups excluding carboxylic acids is 3. The van der Waals surface area contributed by atoms with Gasteiger partial charge in [0.25, 0.3) is 11.8 Å². The van der Waals surface area contributed by atoms with Crippen LogP contribution in [0.3, 0.4) is 0 Å². The fraction of sp³-hybridized carbons (Fsp3) is 0.238. The molecule has 3 aromatic rings. The highest BCUT2D eigenvalue weighted by Gasteiger charge is 2.40. The van der Waals surface area contributed by atoms with Crippen molar-refractivity contribution in [3.8, 4) is 0 Å². The number of anilines is 1. The fourth-order valence-corrected chi connectivity index (χ4v) is 3.19. The van der Waals surface area contributed by atoms with Crippen LogP contribution >= 0.6 is 0 Å². The Kier molecular flexibility index (Phi) is 4.22. The van der Waals surface area contributed by atoms with Gasteiger partial charge in [-0.2, -0.15) is 0 Å². The van der Waals surface area contributed by atoms with Crippen LogP contribution in [-0.2, 0) is 4.79 Å². The van der Waals surface area contributed by atoms with Gasteiger partial charge in [0.1, 0.15) is 11.6 Å². The minimum atomic E-state index is -0.955. The first kappa shape index (κ1) is 17.9. The highest BCUT2D eigenvalue weighted by atomic mass is 16.3. The first-order valence-corrected chi connectivity index (χ1v) is 9.05. The maximum atomic E-state index is 12.7. The van der Waals surface area contributed by atoms with Gasteiger partial charge in [-0.3, -0.25) is 19.3 Å². The molecule has 0 bridgehead atoms. The number of nitrogens with zero attached hydrogens (tertiary/aromatic N) is 2. The molecule has 1 unspecified atom stereocenters. The molecule has 1 aliphatic heterocycles. The van der Waals surface area contributed by atoms with E-state index in [9.17, 15) is 14.4 Å². The quantitative estimate of drug-likeness (QED) is 0.702. The normalized spacial score (nSPS) is 14.6. The first-order chi connectivity index (χ1) is 13.4. The standard InChI is InChI=1S/C21H19N3O4/c1-11(2)19-23-16-9-8-13(10-17(16)28-19)22-18(25)12(3)24-20(26)14-6-4-5-7-15(14)21(24)27/h4-12H,1-3H3,(H,22,25). The zero-order valence-corrected chi connectivity index (χ0v) is 15.7. The third-order valence-electron chi connectivity index (χ3n) is 4.76. The van der Waals surface area contributed by atoms with E-state index >= 15 is 0 Å². The lowest BCUT2D eigenvalue weighted by Gasteiger charge is -2.21. The minimum absolute atomic E-state index is 0.152. The van der Waals surface area contributed by atoms with Gasteiger partial charge in [0.2, 0.25) is 5.91 Å². The molecule has 0 aliphatic carbocycles. The zero-order valence-electron chi connectivity index (χ0n) is 15.7. The number of benzene rings is 2. The van der Waals surface area contributed by atoms with E-state index in [1.807, 2.05) is 13.8 Å². The molecule has 28 heavy (non-hydrogen) atoms. The maximum absolute atomic E-state index is 12.7. The number of aromatic nitrogens is 1. The monoisotopic (exact) mass is 377 g/mol. The number of carbonyl (C=O) groups is 3. The van der Waals surface area contributed by atoms with E-state index in [0.29, 0.717) is 33.8 Å². The molecule has 1 aromatic heterocycles. The van der Waals surface area contributed by atoms with Crippen molar-refractivity contribution in [1.82, 2.24) is 9.88 Å². The van der Waals surface area contributed by atoms with Gasteiger partial charge in [-0.25, -0.2) is 4.98 Å². The Morgan fingerprint density at radius 2 is 1.68 bits per heavy atom. The summed E-state index contributed by atoms with van der Waals surface area (Å²) in [5, 5.41) is 2.74. The smallest absolute Gasteiger partial charge is 0.262 e. The Balaban J connectivity index is 1.54. The summed E-state index contributed by atoms with van der Waals surface area (Å²) < 4.78 is 5.71. The number of fused-ring (bicyclic) bond motifs is 2. The molecule has 4 rings (SSSR count). The summed E-state index contributed by atoms with van der Waals surface area (Å²) in [5.74, 6) is -0.611. The van der Waals surface area contributed by atoms with Crippen LogP contribution in [0.25, 0.3) is 11.1 Å². The van der Waals surface area contributed by atoms with Crippen LogP contribution in [0.5, 0.6) is 0 Å². The summed E-state index contributed by atoms with van der Waals surface area (Å²) in [6.45, 7) is 5.50. The van der Waals surface area contributed by atoms with Gasteiger partial charge in [0, 0.05) is 17.7 Å². The second-order valence-corrected chi connectivity index (χ2v) is 7.08. The Labute approximate surface area is 161 Å². The lowest BCUT2D eigenvalue weighted by atomic mass is 10.1. The van der Waals surface area contributed by atoms with Crippen molar-refractivity contribution < 1.29 is 18.8 Å². The van der Waals surface area contributed by atoms with E-state index < -0.39 is 23.8 Å². The fourth-order valence-electron chi connectivity index (χ4n) is 3.19. The Morgan fingerprint density at radius 3 is 2.29 bits per heavy atom. The zero-order chi connectivity index (χ0) is 20.0. The summed E-state index contributed by atoms with van der Waals surface area (Å²) in [6, 6.07) is 10.8. The SMILES string of the molecule is CC(C)c1nc2ccc(NC(=O)C(C)N3C(=O)c4ccccc4C3=O)cc2o1. The lowest BCUT2D eigenvalue weighted by Crippen LogP contribution is -2.45. The van der Waals surface area contributed by atoms with E-state index in [4.69, 9.17) is 4.42 Å². The highest BCUT2D eigenvalue weighted by Crippen LogP contribution is 2.26. The van der Waals surface area contributed by atoms with Crippen molar-refractivity contribution in [1.29, 1.82) is 0 Å². The molecule has 3 amide bonds. The molecule has 142 valence electrons. The van der Waals surface area contributed by atoms with Gasteiger partial charge in [-0.15, -0.1) is 0 Å². The van der Waals surface area contributed by atoms with E-state index in [1.54, 1.807) is 42.5 Å². The van der Waals surface area contributed by atoms with Gasteiger partial charge in [0.05, 0.1) is 11.1 Å². The van der Waals surface area contributed by atoms with Crippen LogP contribution in [0.1, 0.15) is 53.3 Å². The van der Waals surface area contributed by atoms with Crippen LogP contribution in [-0.4, -0.2) is 33.6 Å². The second-order valence-electron chi connectivity index (χ2n) is 7.08. The predicted octanol–water partition coefficient (Wildman–Crippen LogP) is 3.57. The number of imide groups is 1. The molecule has 7 nitrogen and oxygen atoms in total. The summed E-state index contributed by atoms with van der Waals surface area (Å²) >= 11 is 0. The van der Waals surface area contributed by atoms with Gasteiger partial charge < -0.3 is 9.73 Å². The average molecular weight is 377 g/mol. The number of hydrogen-bond donors (Lipinski definition) is 1. The Hall–Kier alpha value is -3.48. The number of amides is 3. The minimum Gasteiger partial charge on any atom is -0.440 e. The summed E-state index contributed by atoms with van der Waals surface area (Å²) in [4.78, 5) is 43.2. The average Bonchev–Trinajstić information content (AvgIpc) is 3.21. The molecule has 2 heterocycles. The van der Waals surface area contributed by atoms with Crippen LogP contribution < -0.4 is 5.32 Å². The molecule has 0 spiro atoms. The van der Waals surface area contributed by atoms with Crippen molar-refractivity contribution >= 4 is 34.5 Å². The molecule has 1 N–H and O–H groups in total. The van der Waals surface area contributed by atoms with E-state index in [1.165, 1.54) is 6.92 Å². The predicted molar refractivity (Wildman–Crippen MR) is 103 cm³/mol. The van der Waals surface area contributed by atoms with Crippen LogP contribution in [0, 0.1) is 0 Å². The Morgan fingerprint density at radius 1 is 1.04 bits per heavy atom. The molecule has 0 saturated carbocycles. The third kappa shape index (κ3) is 2.85. The highest BCUT2D eigenvalue weighted by molar-refractivity contribution is 6.23. The second kappa shape index (κ2) is 6.60.